The molecular formula is C15H22O3S. The van der Waals surface area contributed by atoms with Crippen LogP contribution in [0.2, 0.25) is 0 Å². The van der Waals surface area contributed by atoms with Gasteiger partial charge in [-0.25, -0.2) is 0 Å². The summed E-state index contributed by atoms with van der Waals surface area (Å²) < 4.78 is 18.2. The summed E-state index contributed by atoms with van der Waals surface area (Å²) in [5.41, 5.74) is 0.665. The molecule has 1 aliphatic heterocycles. The number of ether oxygens (including phenoxy) is 1. The summed E-state index contributed by atoms with van der Waals surface area (Å²) in [5, 5.41) is 10.1. The Morgan fingerprint density at radius 3 is 2.58 bits per heavy atom. The van der Waals surface area contributed by atoms with Gasteiger partial charge in [0.05, 0.1) is 0 Å². The molecule has 0 saturated heterocycles. The summed E-state index contributed by atoms with van der Waals surface area (Å²) >= 11 is 0. The van der Waals surface area contributed by atoms with Crippen molar-refractivity contribution in [3.8, 4) is 11.5 Å². The minimum Gasteiger partial charge on any atom is -0.507 e. The lowest BCUT2D eigenvalue weighted by Gasteiger charge is -2.38. The summed E-state index contributed by atoms with van der Waals surface area (Å²) in [4.78, 5) is 0.548. The second-order valence-electron chi connectivity index (χ2n) is 5.42. The molecule has 4 heteroatoms. The average molecular weight is 282 g/mol. The van der Waals surface area contributed by atoms with Crippen LogP contribution in [0.25, 0.3) is 0 Å². The highest BCUT2D eigenvalue weighted by Crippen LogP contribution is 2.42. The molecule has 0 saturated carbocycles. The van der Waals surface area contributed by atoms with E-state index in [9.17, 15) is 9.32 Å². The molecule has 1 unspecified atom stereocenters. The van der Waals surface area contributed by atoms with Crippen LogP contribution in [0.3, 0.4) is 0 Å². The Labute approximate surface area is 115 Å². The topological polar surface area (TPSA) is 46.5 Å². The van der Waals surface area contributed by atoms with Crippen molar-refractivity contribution < 1.29 is 14.1 Å². The van der Waals surface area contributed by atoms with Gasteiger partial charge in [-0.1, -0.05) is 13.8 Å². The van der Waals surface area contributed by atoms with Crippen molar-refractivity contribution in [2.24, 2.45) is 0 Å². The summed E-state index contributed by atoms with van der Waals surface area (Å²) in [7, 11) is -2.35. The van der Waals surface area contributed by atoms with Crippen LogP contribution in [0.15, 0.2) is 17.0 Å². The zero-order valence-corrected chi connectivity index (χ0v) is 12.7. The highest BCUT2D eigenvalue weighted by atomic mass is 32.2. The van der Waals surface area contributed by atoms with Gasteiger partial charge in [-0.2, -0.15) is 0 Å². The number of phenolic OH excluding ortho intramolecular Hbond substituents is 1. The van der Waals surface area contributed by atoms with E-state index in [4.69, 9.17) is 4.74 Å². The Kier molecular flexibility index (Phi) is 3.56. The predicted molar refractivity (Wildman–Crippen MR) is 79.8 cm³/mol. The standard InChI is InChI=1S/C15H22O3S/c1-5-15(6-2)8-7-12-13(16)9-11(19(3,4)17)10-14(12)18-15/h9-10,16H,3,5-8H2,1-2,4H3. The molecule has 0 radical (unpaired) electrons. The van der Waals surface area contributed by atoms with Crippen molar-refractivity contribution in [2.75, 3.05) is 6.26 Å². The first-order chi connectivity index (χ1) is 8.81. The highest BCUT2D eigenvalue weighted by Gasteiger charge is 2.34. The molecule has 1 aromatic rings. The van der Waals surface area contributed by atoms with Crippen LogP contribution in [0.1, 0.15) is 38.7 Å². The molecule has 0 amide bonds. The van der Waals surface area contributed by atoms with Crippen molar-refractivity contribution in [1.29, 1.82) is 0 Å². The third kappa shape index (κ3) is 2.59. The smallest absolute Gasteiger partial charge is 0.128 e. The van der Waals surface area contributed by atoms with E-state index in [2.05, 4.69) is 19.7 Å². The van der Waals surface area contributed by atoms with E-state index in [0.29, 0.717) is 10.6 Å². The minimum absolute atomic E-state index is 0.159. The molecule has 0 aromatic heterocycles. The summed E-state index contributed by atoms with van der Waals surface area (Å²) in [6.07, 6.45) is 5.14. The second-order valence-corrected chi connectivity index (χ2v) is 7.90. The van der Waals surface area contributed by atoms with Gasteiger partial charge in [0, 0.05) is 16.7 Å². The van der Waals surface area contributed by atoms with Gasteiger partial charge in [0.2, 0.25) is 0 Å². The number of fused-ring (bicyclic) bond motifs is 1. The normalized spacial score (nSPS) is 20.2. The van der Waals surface area contributed by atoms with Gasteiger partial charge in [0.15, 0.2) is 0 Å². The number of benzene rings is 1. The Bertz CT molecular complexity index is 584. The van der Waals surface area contributed by atoms with E-state index in [1.165, 1.54) is 0 Å². The van der Waals surface area contributed by atoms with E-state index in [0.717, 1.165) is 31.2 Å². The number of rotatable bonds is 3. The lowest BCUT2D eigenvalue weighted by molar-refractivity contribution is 0.0373. The van der Waals surface area contributed by atoms with Crippen LogP contribution >= 0.6 is 0 Å². The first-order valence-corrected chi connectivity index (χ1v) is 8.82. The Morgan fingerprint density at radius 2 is 2.05 bits per heavy atom. The van der Waals surface area contributed by atoms with Crippen molar-refractivity contribution in [2.45, 2.75) is 50.0 Å². The average Bonchev–Trinajstić information content (AvgIpc) is 2.36. The summed E-state index contributed by atoms with van der Waals surface area (Å²) in [6.45, 7) is 4.23. The number of aromatic hydroxyl groups is 1. The van der Waals surface area contributed by atoms with E-state index in [-0.39, 0.29) is 11.4 Å². The number of hydrogen-bond acceptors (Lipinski definition) is 3. The molecule has 1 atom stereocenters. The molecule has 0 spiro atoms. The molecule has 1 N–H and O–H groups in total. The van der Waals surface area contributed by atoms with Crippen molar-refractivity contribution in [1.82, 2.24) is 0 Å². The van der Waals surface area contributed by atoms with Gasteiger partial charge in [-0.3, -0.25) is 4.21 Å². The monoisotopic (exact) mass is 282 g/mol. The van der Waals surface area contributed by atoms with Crippen LogP contribution in [0, 0.1) is 0 Å². The number of phenols is 1. The summed E-state index contributed by atoms with van der Waals surface area (Å²) in [6, 6.07) is 3.34. The fourth-order valence-corrected chi connectivity index (χ4v) is 3.30. The van der Waals surface area contributed by atoms with E-state index >= 15 is 0 Å². The minimum atomic E-state index is -2.35. The molecule has 19 heavy (non-hydrogen) atoms. The van der Waals surface area contributed by atoms with E-state index in [1.54, 1.807) is 18.4 Å². The van der Waals surface area contributed by atoms with Crippen molar-refractivity contribution in [3.63, 3.8) is 0 Å². The van der Waals surface area contributed by atoms with Gasteiger partial charge in [-0.15, -0.1) is 0 Å². The zero-order chi connectivity index (χ0) is 14.3. The zero-order valence-electron chi connectivity index (χ0n) is 11.9. The molecule has 0 bridgehead atoms. The molecular weight excluding hydrogens is 260 g/mol. The largest absolute Gasteiger partial charge is 0.507 e. The molecule has 0 aliphatic carbocycles. The van der Waals surface area contributed by atoms with E-state index < -0.39 is 9.52 Å². The third-order valence-corrected chi connectivity index (χ3v) is 5.34. The van der Waals surface area contributed by atoms with Crippen LogP contribution in [-0.4, -0.2) is 27.0 Å². The van der Waals surface area contributed by atoms with Gasteiger partial charge in [0.1, 0.15) is 17.1 Å². The lowest BCUT2D eigenvalue weighted by Crippen LogP contribution is -2.38. The Morgan fingerprint density at radius 1 is 1.42 bits per heavy atom. The third-order valence-electron chi connectivity index (χ3n) is 4.10. The van der Waals surface area contributed by atoms with Gasteiger partial charge in [0.25, 0.3) is 0 Å². The van der Waals surface area contributed by atoms with Crippen LogP contribution < -0.4 is 4.74 Å². The maximum Gasteiger partial charge on any atom is 0.128 e. The highest BCUT2D eigenvalue weighted by molar-refractivity contribution is 7.99. The lowest BCUT2D eigenvalue weighted by atomic mass is 9.86. The molecule has 3 nitrogen and oxygen atoms in total. The van der Waals surface area contributed by atoms with Crippen LogP contribution in [0.4, 0.5) is 0 Å². The molecule has 0 fully saturated rings. The maximum atomic E-state index is 12.0. The Balaban J connectivity index is 2.52. The fourth-order valence-electron chi connectivity index (χ4n) is 2.58. The predicted octanol–water partition coefficient (Wildman–Crippen LogP) is 2.98. The molecule has 2 rings (SSSR count). The first-order valence-electron chi connectivity index (χ1n) is 6.68. The van der Waals surface area contributed by atoms with Gasteiger partial charge >= 0.3 is 0 Å². The quantitative estimate of drug-likeness (QED) is 0.867. The fraction of sp³-hybridized carbons (Fsp3) is 0.533. The summed E-state index contributed by atoms with van der Waals surface area (Å²) in [5.74, 6) is 4.51. The Hall–Kier alpha value is -1.16. The molecule has 1 heterocycles. The first kappa shape index (κ1) is 14.3. The van der Waals surface area contributed by atoms with E-state index in [1.807, 2.05) is 0 Å². The van der Waals surface area contributed by atoms with Crippen LogP contribution in [-0.2, 0) is 15.9 Å². The SMILES string of the molecule is C=S(C)(=O)c1cc(O)c2c(c1)OC(CC)(CC)CC2. The maximum absolute atomic E-state index is 12.0. The number of hydrogen-bond donors (Lipinski definition) is 1. The molecule has 1 aliphatic rings. The molecule has 1 aromatic carbocycles. The second kappa shape index (κ2) is 4.75. The van der Waals surface area contributed by atoms with Crippen molar-refractivity contribution >= 4 is 15.4 Å². The van der Waals surface area contributed by atoms with Crippen molar-refractivity contribution in [3.05, 3.63) is 17.7 Å². The van der Waals surface area contributed by atoms with Gasteiger partial charge < -0.3 is 9.84 Å². The van der Waals surface area contributed by atoms with Gasteiger partial charge in [-0.05, 0) is 53.2 Å². The molecule has 106 valence electrons. The van der Waals surface area contributed by atoms with Crippen LogP contribution in [0.5, 0.6) is 11.5 Å².